The van der Waals surface area contributed by atoms with Gasteiger partial charge in [0.05, 0.1) is 0 Å². The Morgan fingerprint density at radius 3 is 2.36 bits per heavy atom. The van der Waals surface area contributed by atoms with Crippen molar-refractivity contribution in [1.29, 1.82) is 0 Å². The lowest BCUT2D eigenvalue weighted by atomic mass is 10.00. The van der Waals surface area contributed by atoms with Crippen molar-refractivity contribution < 1.29 is 10.2 Å². The molecular weight excluding hydrogens is 344 g/mol. The summed E-state index contributed by atoms with van der Waals surface area (Å²) in [5, 5.41) is 23.6. The average molecular weight is 366 g/mol. The second-order valence-electron chi connectivity index (χ2n) is 7.25. The predicted molar refractivity (Wildman–Crippen MR) is 116 cm³/mol. The van der Waals surface area contributed by atoms with Crippen LogP contribution in [0, 0.1) is 19.3 Å². The van der Waals surface area contributed by atoms with Gasteiger partial charge in [0.1, 0.15) is 11.5 Å². The maximum absolute atomic E-state index is 9.55. The predicted octanol–water partition coefficient (Wildman–Crippen LogP) is 5.85. The Kier molecular flexibility index (Phi) is 4.45. The summed E-state index contributed by atoms with van der Waals surface area (Å²) in [7, 11) is 0. The first-order valence-electron chi connectivity index (χ1n) is 9.47. The Balaban J connectivity index is 0.000000137. The van der Waals surface area contributed by atoms with E-state index >= 15 is 0 Å². The minimum Gasteiger partial charge on any atom is -0.508 e. The summed E-state index contributed by atoms with van der Waals surface area (Å²) in [6.07, 6.45) is 7.54. The summed E-state index contributed by atoms with van der Waals surface area (Å²) in [5.41, 5.74) is 6.11. The first-order chi connectivity index (χ1) is 13.5. The van der Waals surface area contributed by atoms with E-state index in [4.69, 9.17) is 6.42 Å². The average Bonchev–Trinajstić information content (AvgIpc) is 3.46. The Bertz CT molecular complexity index is 1260. The molecule has 0 amide bonds. The number of rotatable bonds is 1. The molecule has 28 heavy (non-hydrogen) atoms. The maximum atomic E-state index is 9.55. The van der Waals surface area contributed by atoms with Crippen LogP contribution in [0.3, 0.4) is 0 Å². The van der Waals surface area contributed by atoms with Crippen molar-refractivity contribution in [3.8, 4) is 23.8 Å². The van der Waals surface area contributed by atoms with Crippen LogP contribution in [0.25, 0.3) is 21.5 Å². The van der Waals surface area contributed by atoms with Crippen LogP contribution in [0.2, 0.25) is 0 Å². The van der Waals surface area contributed by atoms with Crippen molar-refractivity contribution in [2.24, 2.45) is 0 Å². The molecule has 0 fully saturated rings. The molecule has 0 bridgehead atoms. The Labute approximate surface area is 165 Å². The highest BCUT2D eigenvalue weighted by Gasteiger charge is 2.21. The summed E-state index contributed by atoms with van der Waals surface area (Å²) in [5.74, 6) is 3.31. The summed E-state index contributed by atoms with van der Waals surface area (Å²) < 4.78 is 0. The number of aryl methyl sites for hydroxylation is 2. The van der Waals surface area contributed by atoms with Crippen molar-refractivity contribution >= 4 is 21.5 Å². The number of fused-ring (bicyclic) bond motifs is 4. The molecule has 4 aromatic carbocycles. The van der Waals surface area contributed by atoms with Gasteiger partial charge in [-0.25, -0.2) is 0 Å². The van der Waals surface area contributed by atoms with Crippen molar-refractivity contribution in [3.05, 3.63) is 82.4 Å². The molecule has 2 nitrogen and oxygen atoms in total. The Morgan fingerprint density at radius 1 is 0.929 bits per heavy atom. The molecule has 0 heterocycles. The summed E-state index contributed by atoms with van der Waals surface area (Å²) in [4.78, 5) is 0. The van der Waals surface area contributed by atoms with Crippen LogP contribution in [0.15, 0.2) is 54.6 Å². The van der Waals surface area contributed by atoms with E-state index < -0.39 is 0 Å². The molecule has 0 aliphatic heterocycles. The number of phenolic OH excluding ortho intramolecular Hbond substituents is 2. The zero-order valence-electron chi connectivity index (χ0n) is 16.1. The van der Waals surface area contributed by atoms with E-state index in [-0.39, 0.29) is 5.75 Å². The van der Waals surface area contributed by atoms with Gasteiger partial charge in [-0.15, -0.1) is 6.42 Å². The standard InChI is InChI=1S/C13H12O.C13H10O/c1-2-8-5-11(14)6-10-4-3-9-7-12(9)13(8)10;1-3-10-5-4-6-11-8-12(14)7-9(2)13(10)11/h3-6,14H,2,7H2,1H3;1,4-8,14H,2H3. The van der Waals surface area contributed by atoms with Gasteiger partial charge < -0.3 is 10.2 Å². The van der Waals surface area contributed by atoms with Gasteiger partial charge in [-0.3, -0.25) is 0 Å². The monoisotopic (exact) mass is 366 g/mol. The molecular formula is C26H22O2. The van der Waals surface area contributed by atoms with Crippen LogP contribution in [0.1, 0.15) is 34.7 Å². The van der Waals surface area contributed by atoms with Gasteiger partial charge in [0.2, 0.25) is 0 Å². The van der Waals surface area contributed by atoms with Gasteiger partial charge in [0.25, 0.3) is 0 Å². The van der Waals surface area contributed by atoms with Gasteiger partial charge in [-0.2, -0.15) is 0 Å². The molecule has 1 aliphatic carbocycles. The molecule has 0 atom stereocenters. The van der Waals surface area contributed by atoms with E-state index in [1.807, 2.05) is 37.3 Å². The molecule has 0 spiro atoms. The first kappa shape index (κ1) is 17.9. The van der Waals surface area contributed by atoms with Crippen molar-refractivity contribution in [2.75, 3.05) is 0 Å². The minimum atomic E-state index is 0.282. The molecule has 4 aromatic rings. The quantitative estimate of drug-likeness (QED) is 0.366. The number of hydrogen-bond acceptors (Lipinski definition) is 2. The van der Waals surface area contributed by atoms with Gasteiger partial charge >= 0.3 is 0 Å². The Morgan fingerprint density at radius 2 is 1.64 bits per heavy atom. The molecule has 2 N–H and O–H groups in total. The van der Waals surface area contributed by atoms with Crippen LogP contribution in [-0.4, -0.2) is 10.2 Å². The molecule has 1 aliphatic rings. The zero-order chi connectivity index (χ0) is 19.8. The fourth-order valence-corrected chi connectivity index (χ4v) is 3.98. The second kappa shape index (κ2) is 6.94. The SMILES string of the molecule is C#Cc1cccc2cc(O)cc(C)c12.CCc1cc(O)cc2ccc3c(c12)C3. The number of benzene rings is 4. The lowest BCUT2D eigenvalue weighted by molar-refractivity contribution is 0.475. The van der Waals surface area contributed by atoms with Crippen LogP contribution < -0.4 is 0 Å². The largest absolute Gasteiger partial charge is 0.508 e. The summed E-state index contributed by atoms with van der Waals surface area (Å²) >= 11 is 0. The molecule has 0 aromatic heterocycles. The fourth-order valence-electron chi connectivity index (χ4n) is 3.98. The van der Waals surface area contributed by atoms with Crippen LogP contribution in [-0.2, 0) is 12.8 Å². The number of phenols is 2. The molecule has 2 heteroatoms. The molecule has 0 saturated carbocycles. The van der Waals surface area contributed by atoms with Crippen LogP contribution >= 0.6 is 0 Å². The third-order valence-electron chi connectivity index (χ3n) is 5.33. The highest BCUT2D eigenvalue weighted by molar-refractivity contribution is 5.94. The summed E-state index contributed by atoms with van der Waals surface area (Å²) in [6, 6.07) is 17.2. The minimum absolute atomic E-state index is 0.282. The van der Waals surface area contributed by atoms with E-state index in [1.54, 1.807) is 12.1 Å². The highest BCUT2D eigenvalue weighted by Crippen LogP contribution is 2.39. The third-order valence-corrected chi connectivity index (χ3v) is 5.33. The van der Waals surface area contributed by atoms with E-state index in [9.17, 15) is 10.2 Å². The van der Waals surface area contributed by atoms with Gasteiger partial charge in [-0.05, 0) is 88.5 Å². The Hall–Kier alpha value is -3.44. The number of hydrogen-bond donors (Lipinski definition) is 2. The third kappa shape index (κ3) is 3.17. The van der Waals surface area contributed by atoms with Gasteiger partial charge in [-0.1, -0.05) is 37.1 Å². The van der Waals surface area contributed by atoms with E-state index in [0.717, 1.165) is 34.7 Å². The van der Waals surface area contributed by atoms with Crippen LogP contribution in [0.5, 0.6) is 11.5 Å². The first-order valence-corrected chi connectivity index (χ1v) is 9.47. The maximum Gasteiger partial charge on any atom is 0.116 e. The molecule has 0 saturated heterocycles. The van der Waals surface area contributed by atoms with E-state index in [1.165, 1.54) is 27.5 Å². The highest BCUT2D eigenvalue weighted by atomic mass is 16.3. The number of aromatic hydroxyl groups is 2. The molecule has 0 unspecified atom stereocenters. The van der Waals surface area contributed by atoms with Crippen molar-refractivity contribution in [3.63, 3.8) is 0 Å². The molecule has 0 radical (unpaired) electrons. The molecule has 5 rings (SSSR count). The van der Waals surface area contributed by atoms with Crippen LogP contribution in [0.4, 0.5) is 0 Å². The lowest BCUT2D eigenvalue weighted by Gasteiger charge is -2.05. The number of terminal acetylenes is 1. The second-order valence-corrected chi connectivity index (χ2v) is 7.25. The van der Waals surface area contributed by atoms with Crippen molar-refractivity contribution in [2.45, 2.75) is 26.7 Å². The zero-order valence-corrected chi connectivity index (χ0v) is 16.1. The topological polar surface area (TPSA) is 40.5 Å². The normalized spacial score (nSPS) is 11.5. The van der Waals surface area contributed by atoms with Gasteiger partial charge in [0, 0.05) is 10.9 Å². The van der Waals surface area contributed by atoms with E-state index in [0.29, 0.717) is 5.75 Å². The molecule has 138 valence electrons. The smallest absolute Gasteiger partial charge is 0.116 e. The lowest BCUT2D eigenvalue weighted by Crippen LogP contribution is -1.83. The van der Waals surface area contributed by atoms with Crippen molar-refractivity contribution in [1.82, 2.24) is 0 Å². The summed E-state index contributed by atoms with van der Waals surface area (Å²) in [6.45, 7) is 4.08. The fraction of sp³-hybridized carbons (Fsp3) is 0.154. The van der Waals surface area contributed by atoms with E-state index in [2.05, 4.69) is 25.0 Å². The van der Waals surface area contributed by atoms with Gasteiger partial charge in [0.15, 0.2) is 0 Å².